The summed E-state index contributed by atoms with van der Waals surface area (Å²) in [6.45, 7) is 5.01. The molecule has 110 valence electrons. The van der Waals surface area contributed by atoms with Crippen molar-refractivity contribution in [3.05, 3.63) is 17.7 Å². The highest BCUT2D eigenvalue weighted by Gasteiger charge is 2.27. The standard InChI is InChI=1S/C13H20N4O3/c1-8(2)12-15-5-10(14)11(16-12)13(19)17-3-4-20-9(6-17)7-18/h5,8-9,18H,3-4,6-7,14H2,1-2H3. The number of carbonyl (C=O) groups is 1. The quantitative estimate of drug-likeness (QED) is 0.809. The SMILES string of the molecule is CC(C)c1ncc(N)c(C(=O)N2CCOC(CO)C2)n1. The van der Waals surface area contributed by atoms with Crippen LogP contribution in [0.3, 0.4) is 0 Å². The van der Waals surface area contributed by atoms with Gasteiger partial charge in [0.1, 0.15) is 5.82 Å². The van der Waals surface area contributed by atoms with Crippen molar-refractivity contribution in [2.45, 2.75) is 25.9 Å². The molecule has 0 aliphatic carbocycles. The lowest BCUT2D eigenvalue weighted by atomic mass is 10.2. The third kappa shape index (κ3) is 3.05. The molecule has 1 aromatic heterocycles. The Hall–Kier alpha value is -1.73. The first-order chi connectivity index (χ1) is 9.52. The number of ether oxygens (including phenoxy) is 1. The van der Waals surface area contributed by atoms with Crippen LogP contribution >= 0.6 is 0 Å². The molecule has 1 saturated heterocycles. The van der Waals surface area contributed by atoms with E-state index in [1.165, 1.54) is 6.20 Å². The Morgan fingerprint density at radius 3 is 3.05 bits per heavy atom. The van der Waals surface area contributed by atoms with Crippen LogP contribution in [0.25, 0.3) is 0 Å². The fourth-order valence-electron chi connectivity index (χ4n) is 2.02. The molecule has 1 aliphatic rings. The number of nitrogens with zero attached hydrogens (tertiary/aromatic N) is 3. The second-order valence-electron chi connectivity index (χ2n) is 5.11. The van der Waals surface area contributed by atoms with Crippen molar-refractivity contribution in [3.63, 3.8) is 0 Å². The molecule has 1 aliphatic heterocycles. The predicted octanol–water partition coefficient (Wildman–Crippen LogP) is 0.0155. The first kappa shape index (κ1) is 14.7. The van der Waals surface area contributed by atoms with Gasteiger partial charge >= 0.3 is 0 Å². The molecule has 1 unspecified atom stereocenters. The van der Waals surface area contributed by atoms with Gasteiger partial charge in [-0.3, -0.25) is 4.79 Å². The number of nitrogens with two attached hydrogens (primary N) is 1. The van der Waals surface area contributed by atoms with Crippen LogP contribution < -0.4 is 5.73 Å². The fraction of sp³-hybridized carbons (Fsp3) is 0.615. The Morgan fingerprint density at radius 1 is 1.65 bits per heavy atom. The molecular formula is C13H20N4O3. The average molecular weight is 280 g/mol. The molecule has 2 rings (SSSR count). The third-order valence-electron chi connectivity index (χ3n) is 3.18. The van der Waals surface area contributed by atoms with Gasteiger partial charge in [0.05, 0.1) is 31.2 Å². The van der Waals surface area contributed by atoms with E-state index >= 15 is 0 Å². The van der Waals surface area contributed by atoms with E-state index in [4.69, 9.17) is 15.6 Å². The van der Waals surface area contributed by atoms with Crippen molar-refractivity contribution >= 4 is 11.6 Å². The molecule has 7 nitrogen and oxygen atoms in total. The number of aliphatic hydroxyl groups is 1. The van der Waals surface area contributed by atoms with Gasteiger partial charge in [0.25, 0.3) is 5.91 Å². The number of rotatable bonds is 3. The van der Waals surface area contributed by atoms with Gasteiger partial charge in [-0.2, -0.15) is 0 Å². The molecule has 1 atom stereocenters. The van der Waals surface area contributed by atoms with E-state index in [0.29, 0.717) is 25.5 Å². The smallest absolute Gasteiger partial charge is 0.274 e. The van der Waals surface area contributed by atoms with Crippen LogP contribution in [0, 0.1) is 0 Å². The van der Waals surface area contributed by atoms with Crippen molar-refractivity contribution in [1.82, 2.24) is 14.9 Å². The van der Waals surface area contributed by atoms with E-state index in [1.54, 1.807) is 4.90 Å². The first-order valence-corrected chi connectivity index (χ1v) is 6.67. The second kappa shape index (κ2) is 6.15. The normalized spacial score (nSPS) is 19.4. The van der Waals surface area contributed by atoms with E-state index < -0.39 is 0 Å². The highest BCUT2D eigenvalue weighted by atomic mass is 16.5. The Bertz CT molecular complexity index is 493. The molecule has 1 amide bonds. The van der Waals surface area contributed by atoms with Crippen LogP contribution in [-0.2, 0) is 4.74 Å². The lowest BCUT2D eigenvalue weighted by Gasteiger charge is -2.32. The summed E-state index contributed by atoms with van der Waals surface area (Å²) >= 11 is 0. The van der Waals surface area contributed by atoms with Crippen LogP contribution in [0.2, 0.25) is 0 Å². The largest absolute Gasteiger partial charge is 0.396 e. The van der Waals surface area contributed by atoms with Crippen LogP contribution in [0.1, 0.15) is 36.1 Å². The molecule has 1 fully saturated rings. The Balaban J connectivity index is 2.21. The van der Waals surface area contributed by atoms with Crippen LogP contribution in [0.5, 0.6) is 0 Å². The highest BCUT2D eigenvalue weighted by molar-refractivity contribution is 5.97. The molecular weight excluding hydrogens is 260 g/mol. The minimum Gasteiger partial charge on any atom is -0.396 e. The zero-order valence-electron chi connectivity index (χ0n) is 11.7. The molecule has 20 heavy (non-hydrogen) atoms. The number of aliphatic hydroxyl groups excluding tert-OH is 1. The lowest BCUT2D eigenvalue weighted by Crippen LogP contribution is -2.47. The van der Waals surface area contributed by atoms with Gasteiger partial charge in [-0.05, 0) is 0 Å². The molecule has 0 saturated carbocycles. The summed E-state index contributed by atoms with van der Waals surface area (Å²) in [6.07, 6.45) is 1.12. The molecule has 7 heteroatoms. The number of anilines is 1. The number of nitrogen functional groups attached to an aromatic ring is 1. The highest BCUT2D eigenvalue weighted by Crippen LogP contribution is 2.17. The number of hydrogen-bond acceptors (Lipinski definition) is 6. The number of carbonyl (C=O) groups excluding carboxylic acids is 1. The fourth-order valence-corrected chi connectivity index (χ4v) is 2.02. The van der Waals surface area contributed by atoms with Crippen LogP contribution in [-0.4, -0.2) is 58.3 Å². The summed E-state index contributed by atoms with van der Waals surface area (Å²) in [4.78, 5) is 22.5. The van der Waals surface area contributed by atoms with Gasteiger partial charge in [-0.25, -0.2) is 9.97 Å². The summed E-state index contributed by atoms with van der Waals surface area (Å²) in [5, 5.41) is 9.12. The number of aromatic nitrogens is 2. The van der Waals surface area contributed by atoms with E-state index in [1.807, 2.05) is 13.8 Å². The van der Waals surface area contributed by atoms with Crippen molar-refractivity contribution in [3.8, 4) is 0 Å². The number of amides is 1. The van der Waals surface area contributed by atoms with Crippen LogP contribution in [0.4, 0.5) is 5.69 Å². The summed E-state index contributed by atoms with van der Waals surface area (Å²) in [5.74, 6) is 0.472. The van der Waals surface area contributed by atoms with Gasteiger partial charge in [0, 0.05) is 19.0 Å². The van der Waals surface area contributed by atoms with Crippen molar-refractivity contribution < 1.29 is 14.6 Å². The second-order valence-corrected chi connectivity index (χ2v) is 5.11. The maximum absolute atomic E-state index is 12.5. The lowest BCUT2D eigenvalue weighted by molar-refractivity contribution is -0.0448. The molecule has 1 aromatic rings. The summed E-state index contributed by atoms with van der Waals surface area (Å²) in [6, 6.07) is 0. The average Bonchev–Trinajstić information content (AvgIpc) is 2.46. The zero-order chi connectivity index (χ0) is 14.7. The van der Waals surface area contributed by atoms with Crippen molar-refractivity contribution in [2.24, 2.45) is 0 Å². The molecule has 0 radical (unpaired) electrons. The molecule has 0 spiro atoms. The zero-order valence-corrected chi connectivity index (χ0v) is 11.7. The minimum atomic E-state index is -0.347. The van der Waals surface area contributed by atoms with Gasteiger partial charge < -0.3 is 20.5 Å². The van der Waals surface area contributed by atoms with E-state index in [2.05, 4.69) is 9.97 Å². The monoisotopic (exact) mass is 280 g/mol. The van der Waals surface area contributed by atoms with Crippen molar-refractivity contribution in [1.29, 1.82) is 0 Å². The number of morpholine rings is 1. The summed E-state index contributed by atoms with van der Waals surface area (Å²) in [7, 11) is 0. The Labute approximate surface area is 117 Å². The number of hydrogen-bond donors (Lipinski definition) is 2. The Morgan fingerprint density at radius 2 is 2.40 bits per heavy atom. The van der Waals surface area contributed by atoms with Crippen LogP contribution in [0.15, 0.2) is 6.20 Å². The molecule has 3 N–H and O–H groups in total. The third-order valence-corrected chi connectivity index (χ3v) is 3.18. The summed E-state index contributed by atoms with van der Waals surface area (Å²) < 4.78 is 5.33. The maximum atomic E-state index is 12.5. The van der Waals surface area contributed by atoms with Gasteiger partial charge in [0.15, 0.2) is 5.69 Å². The topological polar surface area (TPSA) is 102 Å². The molecule has 0 aromatic carbocycles. The Kier molecular flexibility index (Phi) is 4.51. The maximum Gasteiger partial charge on any atom is 0.274 e. The van der Waals surface area contributed by atoms with Crippen molar-refractivity contribution in [2.75, 3.05) is 32.0 Å². The van der Waals surface area contributed by atoms with Gasteiger partial charge in [-0.1, -0.05) is 13.8 Å². The van der Waals surface area contributed by atoms with Gasteiger partial charge in [0.2, 0.25) is 0 Å². The van der Waals surface area contributed by atoms with E-state index in [-0.39, 0.29) is 35.9 Å². The minimum absolute atomic E-state index is 0.111. The first-order valence-electron chi connectivity index (χ1n) is 6.67. The van der Waals surface area contributed by atoms with Gasteiger partial charge in [-0.15, -0.1) is 0 Å². The molecule has 2 heterocycles. The van der Waals surface area contributed by atoms with E-state index in [9.17, 15) is 4.79 Å². The van der Waals surface area contributed by atoms with E-state index in [0.717, 1.165) is 0 Å². The molecule has 0 bridgehead atoms. The summed E-state index contributed by atoms with van der Waals surface area (Å²) in [5.41, 5.74) is 6.31. The predicted molar refractivity (Wildman–Crippen MR) is 73.3 cm³/mol.